The summed E-state index contributed by atoms with van der Waals surface area (Å²) >= 11 is 1.56. The quantitative estimate of drug-likeness (QED) is 0.860. The lowest BCUT2D eigenvalue weighted by molar-refractivity contribution is 0.0761. The number of hydrogen-bond donors (Lipinski definition) is 0. The highest BCUT2D eigenvalue weighted by Crippen LogP contribution is 2.38. The van der Waals surface area contributed by atoms with Gasteiger partial charge in [0.2, 0.25) is 5.89 Å². The van der Waals surface area contributed by atoms with Gasteiger partial charge in [0.25, 0.3) is 5.91 Å². The van der Waals surface area contributed by atoms with E-state index < -0.39 is 0 Å². The SMILES string of the molecule is O=C(c1ccsc1)N1CCCN(Cc2nc(C3CC3)no2)CC1. The van der Waals surface area contributed by atoms with Gasteiger partial charge in [-0.1, -0.05) is 5.16 Å². The lowest BCUT2D eigenvalue weighted by Crippen LogP contribution is -2.34. The molecule has 1 saturated carbocycles. The summed E-state index contributed by atoms with van der Waals surface area (Å²) in [6, 6.07) is 1.90. The molecular formula is C16H20N4O2S. The summed E-state index contributed by atoms with van der Waals surface area (Å²) in [5.41, 5.74) is 0.800. The van der Waals surface area contributed by atoms with Crippen LogP contribution in [0.1, 0.15) is 47.3 Å². The van der Waals surface area contributed by atoms with Gasteiger partial charge in [0, 0.05) is 37.5 Å². The highest BCUT2D eigenvalue weighted by molar-refractivity contribution is 7.08. The van der Waals surface area contributed by atoms with Crippen LogP contribution >= 0.6 is 11.3 Å². The van der Waals surface area contributed by atoms with Crippen molar-refractivity contribution in [3.8, 4) is 0 Å². The number of amides is 1. The van der Waals surface area contributed by atoms with Crippen molar-refractivity contribution in [2.45, 2.75) is 31.7 Å². The minimum Gasteiger partial charge on any atom is -0.338 e. The highest BCUT2D eigenvalue weighted by atomic mass is 32.1. The van der Waals surface area contributed by atoms with E-state index in [1.54, 1.807) is 11.3 Å². The number of thiophene rings is 1. The predicted octanol–water partition coefficient (Wildman–Crippen LogP) is 2.36. The molecule has 7 heteroatoms. The van der Waals surface area contributed by atoms with E-state index in [-0.39, 0.29) is 5.91 Å². The molecule has 1 saturated heterocycles. The molecule has 6 nitrogen and oxygen atoms in total. The molecule has 2 fully saturated rings. The molecule has 2 aromatic heterocycles. The first-order chi connectivity index (χ1) is 11.3. The van der Waals surface area contributed by atoms with Crippen LogP contribution in [0.25, 0.3) is 0 Å². The van der Waals surface area contributed by atoms with Gasteiger partial charge in [-0.2, -0.15) is 16.3 Å². The van der Waals surface area contributed by atoms with E-state index in [0.29, 0.717) is 18.4 Å². The molecule has 0 N–H and O–H groups in total. The number of carbonyl (C=O) groups excluding carboxylic acids is 1. The number of hydrogen-bond acceptors (Lipinski definition) is 6. The van der Waals surface area contributed by atoms with Gasteiger partial charge in [-0.3, -0.25) is 9.69 Å². The maximum absolute atomic E-state index is 12.4. The van der Waals surface area contributed by atoms with Crippen LogP contribution in [0.15, 0.2) is 21.3 Å². The van der Waals surface area contributed by atoms with Crippen LogP contribution in [0.4, 0.5) is 0 Å². The largest absolute Gasteiger partial charge is 0.338 e. The Hall–Kier alpha value is -1.73. The molecule has 1 aliphatic heterocycles. The standard InChI is InChI=1S/C16H20N4O2S/c21-16(13-4-9-23-11-13)20-6-1-5-19(7-8-20)10-14-17-15(18-22-14)12-2-3-12/h4,9,11-12H,1-3,5-8,10H2. The van der Waals surface area contributed by atoms with Crippen LogP contribution in [0.2, 0.25) is 0 Å². The molecule has 0 radical (unpaired) electrons. The van der Waals surface area contributed by atoms with Crippen LogP contribution < -0.4 is 0 Å². The Balaban J connectivity index is 1.34. The first-order valence-corrected chi connectivity index (χ1v) is 9.10. The molecule has 4 rings (SSSR count). The molecule has 122 valence electrons. The summed E-state index contributed by atoms with van der Waals surface area (Å²) in [6.07, 6.45) is 3.34. The van der Waals surface area contributed by atoms with Gasteiger partial charge in [-0.25, -0.2) is 0 Å². The first-order valence-electron chi connectivity index (χ1n) is 8.16. The zero-order valence-corrected chi connectivity index (χ0v) is 13.8. The molecule has 2 aromatic rings. The van der Waals surface area contributed by atoms with E-state index in [0.717, 1.165) is 44.0 Å². The summed E-state index contributed by atoms with van der Waals surface area (Å²) in [4.78, 5) is 21.2. The third kappa shape index (κ3) is 3.45. The van der Waals surface area contributed by atoms with Crippen molar-refractivity contribution < 1.29 is 9.32 Å². The van der Waals surface area contributed by atoms with E-state index in [1.807, 2.05) is 21.7 Å². The van der Waals surface area contributed by atoms with Crippen molar-refractivity contribution in [2.75, 3.05) is 26.2 Å². The molecule has 0 spiro atoms. The van der Waals surface area contributed by atoms with Gasteiger partial charge in [-0.15, -0.1) is 0 Å². The second kappa shape index (κ2) is 6.41. The highest BCUT2D eigenvalue weighted by Gasteiger charge is 2.29. The third-order valence-electron chi connectivity index (χ3n) is 4.43. The third-order valence-corrected chi connectivity index (χ3v) is 5.11. The maximum Gasteiger partial charge on any atom is 0.254 e. The lowest BCUT2D eigenvalue weighted by atomic mass is 10.3. The van der Waals surface area contributed by atoms with Crippen LogP contribution in [0.5, 0.6) is 0 Å². The fourth-order valence-corrected chi connectivity index (χ4v) is 3.56. The average molecular weight is 332 g/mol. The summed E-state index contributed by atoms with van der Waals surface area (Å²) in [7, 11) is 0. The summed E-state index contributed by atoms with van der Waals surface area (Å²) in [6.45, 7) is 4.03. The second-order valence-electron chi connectivity index (χ2n) is 6.25. The minimum atomic E-state index is 0.141. The van der Waals surface area contributed by atoms with Crippen molar-refractivity contribution in [3.05, 3.63) is 34.1 Å². The Bertz CT molecular complexity index is 665. The Labute approximate surface area is 139 Å². The molecule has 3 heterocycles. The summed E-state index contributed by atoms with van der Waals surface area (Å²) in [5, 5.41) is 7.94. The predicted molar refractivity (Wildman–Crippen MR) is 86.4 cm³/mol. The molecule has 0 atom stereocenters. The van der Waals surface area contributed by atoms with Gasteiger partial charge in [0.15, 0.2) is 5.82 Å². The number of aromatic nitrogens is 2. The molecule has 0 bridgehead atoms. The Kier molecular flexibility index (Phi) is 4.13. The van der Waals surface area contributed by atoms with Crippen molar-refractivity contribution in [1.29, 1.82) is 0 Å². The van der Waals surface area contributed by atoms with Crippen molar-refractivity contribution in [3.63, 3.8) is 0 Å². The topological polar surface area (TPSA) is 62.5 Å². The second-order valence-corrected chi connectivity index (χ2v) is 7.03. The summed E-state index contributed by atoms with van der Waals surface area (Å²) < 4.78 is 5.36. The monoisotopic (exact) mass is 332 g/mol. The average Bonchev–Trinajstić information content (AvgIpc) is 3.14. The van der Waals surface area contributed by atoms with Crippen molar-refractivity contribution in [2.24, 2.45) is 0 Å². The minimum absolute atomic E-state index is 0.141. The zero-order chi connectivity index (χ0) is 15.6. The Morgan fingerprint density at radius 3 is 3.00 bits per heavy atom. The fourth-order valence-electron chi connectivity index (χ4n) is 2.93. The number of rotatable bonds is 4. The van der Waals surface area contributed by atoms with Gasteiger partial charge in [0.05, 0.1) is 12.1 Å². The van der Waals surface area contributed by atoms with Gasteiger partial charge >= 0.3 is 0 Å². The van der Waals surface area contributed by atoms with Crippen LogP contribution in [0.3, 0.4) is 0 Å². The van der Waals surface area contributed by atoms with Gasteiger partial charge < -0.3 is 9.42 Å². The normalized spacial score (nSPS) is 19.7. The Morgan fingerprint density at radius 1 is 1.30 bits per heavy atom. The zero-order valence-electron chi connectivity index (χ0n) is 13.0. The van der Waals surface area contributed by atoms with Crippen LogP contribution in [-0.4, -0.2) is 52.0 Å². The molecule has 1 amide bonds. The first kappa shape index (κ1) is 14.8. The summed E-state index contributed by atoms with van der Waals surface area (Å²) in [5.74, 6) is 2.23. The van der Waals surface area contributed by atoms with Gasteiger partial charge in [0.1, 0.15) is 0 Å². The van der Waals surface area contributed by atoms with E-state index >= 15 is 0 Å². The van der Waals surface area contributed by atoms with E-state index in [2.05, 4.69) is 15.0 Å². The number of nitrogens with zero attached hydrogens (tertiary/aromatic N) is 4. The smallest absolute Gasteiger partial charge is 0.254 e. The van der Waals surface area contributed by atoms with Crippen LogP contribution in [-0.2, 0) is 6.54 Å². The fraction of sp³-hybridized carbons (Fsp3) is 0.562. The molecule has 23 heavy (non-hydrogen) atoms. The van der Waals surface area contributed by atoms with E-state index in [9.17, 15) is 4.79 Å². The lowest BCUT2D eigenvalue weighted by Gasteiger charge is -2.20. The molecule has 2 aliphatic rings. The van der Waals surface area contributed by atoms with Crippen LogP contribution in [0, 0.1) is 0 Å². The molecular weight excluding hydrogens is 312 g/mol. The molecule has 0 unspecified atom stereocenters. The van der Waals surface area contributed by atoms with Crippen molar-refractivity contribution >= 4 is 17.2 Å². The maximum atomic E-state index is 12.4. The van der Waals surface area contributed by atoms with Crippen molar-refractivity contribution in [1.82, 2.24) is 19.9 Å². The molecule has 0 aromatic carbocycles. The number of carbonyl (C=O) groups is 1. The van der Waals surface area contributed by atoms with E-state index in [4.69, 9.17) is 4.52 Å². The van der Waals surface area contributed by atoms with E-state index in [1.165, 1.54) is 12.8 Å². The Morgan fingerprint density at radius 2 is 2.22 bits per heavy atom. The van der Waals surface area contributed by atoms with Gasteiger partial charge in [-0.05, 0) is 30.7 Å². The molecule has 1 aliphatic carbocycles.